The first kappa shape index (κ1) is 14.0. The van der Waals surface area contributed by atoms with Crippen LogP contribution in [0.5, 0.6) is 0 Å². The Morgan fingerprint density at radius 3 is 1.55 bits per heavy atom. The van der Waals surface area contributed by atoms with Crippen LogP contribution in [0.3, 0.4) is 0 Å². The molecule has 0 saturated carbocycles. The van der Waals surface area contributed by atoms with Crippen molar-refractivity contribution >= 4 is 53.7 Å². The van der Waals surface area contributed by atoms with Crippen LogP contribution in [-0.2, 0) is 12.8 Å². The average Bonchev–Trinajstić information content (AvgIpc) is 2.48. The molecule has 0 amide bonds. The Morgan fingerprint density at radius 1 is 0.800 bits per heavy atom. The fourth-order valence-electron chi connectivity index (χ4n) is 2.43. The Kier molecular flexibility index (Phi) is 3.78. The lowest BCUT2D eigenvalue weighted by Gasteiger charge is -2.10. The monoisotopic (exact) mass is 392 g/mol. The lowest BCUT2D eigenvalue weighted by atomic mass is 10.1. The topological polar surface area (TPSA) is 25.8 Å². The lowest BCUT2D eigenvalue weighted by Crippen LogP contribution is -1.93. The fourth-order valence-corrected chi connectivity index (χ4v) is 3.84. The van der Waals surface area contributed by atoms with Gasteiger partial charge >= 0.3 is 0 Å². The predicted molar refractivity (Wildman–Crippen MR) is 91.2 cm³/mol. The molecule has 2 nitrogen and oxygen atoms in total. The van der Waals surface area contributed by atoms with Gasteiger partial charge in [-0.2, -0.15) is 0 Å². The van der Waals surface area contributed by atoms with Crippen molar-refractivity contribution < 1.29 is 0 Å². The number of hydrogen-bond acceptors (Lipinski definition) is 2. The van der Waals surface area contributed by atoms with Crippen LogP contribution < -0.4 is 0 Å². The summed E-state index contributed by atoms with van der Waals surface area (Å²) in [5.41, 5.74) is 4.35. The van der Waals surface area contributed by atoms with Gasteiger partial charge in [0.1, 0.15) is 0 Å². The van der Waals surface area contributed by atoms with E-state index in [1.807, 2.05) is 12.4 Å². The summed E-state index contributed by atoms with van der Waals surface area (Å²) in [6, 6.07) is 4.25. The number of pyridine rings is 2. The Labute approximate surface area is 134 Å². The van der Waals surface area contributed by atoms with Crippen LogP contribution >= 0.6 is 31.9 Å². The van der Waals surface area contributed by atoms with E-state index in [4.69, 9.17) is 0 Å². The molecule has 3 rings (SSSR count). The first-order valence-corrected chi connectivity index (χ1v) is 8.29. The van der Waals surface area contributed by atoms with Gasteiger partial charge in [-0.1, -0.05) is 26.0 Å². The molecule has 20 heavy (non-hydrogen) atoms. The smallest absolute Gasteiger partial charge is 0.0976 e. The third-order valence-corrected chi connectivity index (χ3v) is 5.52. The van der Waals surface area contributed by atoms with Gasteiger partial charge in [0, 0.05) is 32.1 Å². The molecule has 0 bridgehead atoms. The molecule has 0 aliphatic carbocycles. The molecule has 102 valence electrons. The van der Waals surface area contributed by atoms with Gasteiger partial charge < -0.3 is 0 Å². The lowest BCUT2D eigenvalue weighted by molar-refractivity contribution is 1.10. The molecule has 0 aliphatic heterocycles. The number of hydrogen-bond donors (Lipinski definition) is 0. The van der Waals surface area contributed by atoms with Crippen molar-refractivity contribution in [3.05, 3.63) is 44.6 Å². The van der Waals surface area contributed by atoms with E-state index in [9.17, 15) is 0 Å². The van der Waals surface area contributed by atoms with Gasteiger partial charge in [-0.3, -0.25) is 9.97 Å². The summed E-state index contributed by atoms with van der Waals surface area (Å²) in [6.45, 7) is 4.27. The zero-order valence-electron chi connectivity index (χ0n) is 11.4. The van der Waals surface area contributed by atoms with Gasteiger partial charge in [0.25, 0.3) is 0 Å². The maximum absolute atomic E-state index is 4.62. The van der Waals surface area contributed by atoms with Crippen molar-refractivity contribution in [2.75, 3.05) is 0 Å². The largest absolute Gasteiger partial charge is 0.254 e. The zero-order chi connectivity index (χ0) is 14.3. The molecule has 4 heteroatoms. The van der Waals surface area contributed by atoms with Crippen LogP contribution in [0.1, 0.15) is 25.0 Å². The summed E-state index contributed by atoms with van der Waals surface area (Å²) >= 11 is 7.39. The number of aromatic nitrogens is 2. The number of rotatable bonds is 2. The Hall–Kier alpha value is -1.00. The first-order valence-electron chi connectivity index (χ1n) is 6.70. The van der Waals surface area contributed by atoms with E-state index in [2.05, 4.69) is 67.8 Å². The van der Waals surface area contributed by atoms with E-state index in [1.165, 1.54) is 11.1 Å². The van der Waals surface area contributed by atoms with Gasteiger partial charge in [0.15, 0.2) is 0 Å². The molecule has 0 aliphatic rings. The summed E-state index contributed by atoms with van der Waals surface area (Å²) in [5, 5.41) is 2.25. The van der Waals surface area contributed by atoms with Crippen LogP contribution in [0.2, 0.25) is 0 Å². The quantitative estimate of drug-likeness (QED) is 0.542. The van der Waals surface area contributed by atoms with Gasteiger partial charge in [-0.25, -0.2) is 0 Å². The summed E-state index contributed by atoms with van der Waals surface area (Å²) in [5.74, 6) is 0. The minimum absolute atomic E-state index is 0.954. The summed E-state index contributed by atoms with van der Waals surface area (Å²) in [7, 11) is 0. The second kappa shape index (κ2) is 5.41. The highest BCUT2D eigenvalue weighted by Crippen LogP contribution is 2.34. The second-order valence-electron chi connectivity index (χ2n) is 4.76. The predicted octanol–water partition coefficient (Wildman–Crippen LogP) is 5.43. The molecule has 0 atom stereocenters. The highest BCUT2D eigenvalue weighted by atomic mass is 79.9. The number of fused-ring (bicyclic) bond motifs is 3. The van der Waals surface area contributed by atoms with E-state index < -0.39 is 0 Å². The standard InChI is InChI=1S/C16H14Br2N2/c1-3-9-7-19-15-11(13(9)17)5-6-12-14(18)10(4-2)8-20-16(12)15/h5-8H,3-4H2,1-2H3. The number of nitrogens with zero attached hydrogens (tertiary/aromatic N) is 2. The van der Waals surface area contributed by atoms with Gasteiger partial charge in [0.2, 0.25) is 0 Å². The average molecular weight is 394 g/mol. The van der Waals surface area contributed by atoms with Crippen molar-refractivity contribution in [3.63, 3.8) is 0 Å². The number of benzene rings is 1. The molecule has 0 fully saturated rings. The molecule has 0 unspecified atom stereocenters. The van der Waals surface area contributed by atoms with E-state index in [0.29, 0.717) is 0 Å². The maximum atomic E-state index is 4.62. The van der Waals surface area contributed by atoms with E-state index in [0.717, 1.165) is 43.6 Å². The maximum Gasteiger partial charge on any atom is 0.0976 e. The SMILES string of the molecule is CCc1cnc2c(ccc3c(Br)c(CC)cnc32)c1Br. The second-order valence-corrected chi connectivity index (χ2v) is 6.35. The van der Waals surface area contributed by atoms with Crippen LogP contribution in [0.25, 0.3) is 21.8 Å². The molecule has 0 N–H and O–H groups in total. The van der Waals surface area contributed by atoms with E-state index >= 15 is 0 Å². The fraction of sp³-hybridized carbons (Fsp3) is 0.250. The summed E-state index contributed by atoms with van der Waals surface area (Å²) in [4.78, 5) is 9.25. The Bertz CT molecular complexity index is 744. The molecular weight excluding hydrogens is 380 g/mol. The van der Waals surface area contributed by atoms with E-state index in [-0.39, 0.29) is 0 Å². The van der Waals surface area contributed by atoms with Crippen LogP contribution in [-0.4, -0.2) is 9.97 Å². The Morgan fingerprint density at radius 2 is 1.20 bits per heavy atom. The van der Waals surface area contributed by atoms with Crippen molar-refractivity contribution in [2.24, 2.45) is 0 Å². The third kappa shape index (κ3) is 2.06. The van der Waals surface area contributed by atoms with Gasteiger partial charge in [-0.15, -0.1) is 0 Å². The van der Waals surface area contributed by atoms with Crippen LogP contribution in [0.4, 0.5) is 0 Å². The van der Waals surface area contributed by atoms with Crippen molar-refractivity contribution in [2.45, 2.75) is 26.7 Å². The molecular formula is C16H14Br2N2. The van der Waals surface area contributed by atoms with Gasteiger partial charge in [-0.05, 0) is 55.8 Å². The minimum Gasteiger partial charge on any atom is -0.254 e. The third-order valence-electron chi connectivity index (χ3n) is 3.65. The van der Waals surface area contributed by atoms with Gasteiger partial charge in [0.05, 0.1) is 11.0 Å². The van der Waals surface area contributed by atoms with Crippen LogP contribution in [0.15, 0.2) is 33.5 Å². The highest BCUT2D eigenvalue weighted by molar-refractivity contribution is 9.11. The molecule has 2 aromatic heterocycles. The molecule has 0 saturated heterocycles. The highest BCUT2D eigenvalue weighted by Gasteiger charge is 2.12. The molecule has 3 aromatic rings. The van der Waals surface area contributed by atoms with E-state index in [1.54, 1.807) is 0 Å². The zero-order valence-corrected chi connectivity index (χ0v) is 14.5. The minimum atomic E-state index is 0.954. The Balaban J connectivity index is 2.43. The van der Waals surface area contributed by atoms with Crippen molar-refractivity contribution in [1.29, 1.82) is 0 Å². The number of aryl methyl sites for hydroxylation is 2. The molecule has 1 aromatic carbocycles. The summed E-state index contributed by atoms with van der Waals surface area (Å²) < 4.78 is 2.26. The molecule has 0 spiro atoms. The molecule has 0 radical (unpaired) electrons. The first-order chi connectivity index (χ1) is 9.67. The van der Waals surface area contributed by atoms with Crippen LogP contribution in [0, 0.1) is 0 Å². The normalized spacial score (nSPS) is 11.4. The number of halogens is 2. The molecule has 2 heterocycles. The van der Waals surface area contributed by atoms with Crippen molar-refractivity contribution in [1.82, 2.24) is 9.97 Å². The van der Waals surface area contributed by atoms with Crippen molar-refractivity contribution in [3.8, 4) is 0 Å². The summed E-state index contributed by atoms with van der Waals surface area (Å²) in [6.07, 6.45) is 5.81.